The van der Waals surface area contributed by atoms with Gasteiger partial charge in [-0.05, 0) is 0 Å². The third-order valence-corrected chi connectivity index (χ3v) is 1.72. The largest absolute Gasteiger partial charge is 0.388 e. The Morgan fingerprint density at radius 2 is 1.18 bits per heavy atom. The van der Waals surface area contributed by atoms with Gasteiger partial charge < -0.3 is 25.2 Å². The van der Waals surface area contributed by atoms with Crippen LogP contribution >= 0.6 is 0 Å². The van der Waals surface area contributed by atoms with Crippen LogP contribution in [0.15, 0.2) is 0 Å². The van der Waals surface area contributed by atoms with Crippen molar-refractivity contribution in [1.29, 1.82) is 0 Å². The van der Waals surface area contributed by atoms with Gasteiger partial charge in [-0.3, -0.25) is 0 Å². The second-order valence-electron chi connectivity index (χ2n) is 2.65. The number of hydrogen-bond donors (Lipinski definition) is 4. The molecule has 0 saturated carbocycles. The molecule has 1 aliphatic heterocycles. The predicted octanol–water partition coefficient (Wildman–Crippen LogP) is -2.54. The number of hydrogen-bond acceptors (Lipinski definition) is 5. The molecule has 0 aliphatic carbocycles. The Morgan fingerprint density at radius 1 is 0.818 bits per heavy atom. The third-order valence-electron chi connectivity index (χ3n) is 1.72. The molecule has 4 N–H and O–H groups in total. The topological polar surface area (TPSA) is 90.2 Å². The SMILES string of the molecule is O[C@H]1[C@H](O)[C@H](O)COC[C@H]1O. The zero-order chi connectivity index (χ0) is 8.43. The average molecular weight is 164 g/mol. The molecule has 66 valence electrons. The highest BCUT2D eigenvalue weighted by Gasteiger charge is 2.33. The Balaban J connectivity index is 2.58. The van der Waals surface area contributed by atoms with Gasteiger partial charge in [-0.2, -0.15) is 0 Å². The van der Waals surface area contributed by atoms with Crippen molar-refractivity contribution in [2.45, 2.75) is 24.4 Å². The average Bonchev–Trinajstić information content (AvgIpc) is 2.07. The predicted molar refractivity (Wildman–Crippen MR) is 34.8 cm³/mol. The monoisotopic (exact) mass is 164 g/mol. The molecule has 1 saturated heterocycles. The van der Waals surface area contributed by atoms with Crippen molar-refractivity contribution in [1.82, 2.24) is 0 Å². The molecule has 1 aliphatic rings. The fraction of sp³-hybridized carbons (Fsp3) is 1.00. The molecule has 0 aromatic heterocycles. The Hall–Kier alpha value is -0.200. The molecule has 0 bridgehead atoms. The van der Waals surface area contributed by atoms with Crippen LogP contribution < -0.4 is 0 Å². The lowest BCUT2D eigenvalue weighted by Crippen LogP contribution is -2.43. The van der Waals surface area contributed by atoms with E-state index in [1.54, 1.807) is 0 Å². The van der Waals surface area contributed by atoms with Crippen LogP contribution in [-0.2, 0) is 4.74 Å². The van der Waals surface area contributed by atoms with Crippen LogP contribution in [-0.4, -0.2) is 58.1 Å². The first-order valence-corrected chi connectivity index (χ1v) is 3.43. The molecule has 0 radical (unpaired) electrons. The second kappa shape index (κ2) is 3.46. The first-order chi connectivity index (χ1) is 5.13. The van der Waals surface area contributed by atoms with Crippen LogP contribution in [0.2, 0.25) is 0 Å². The van der Waals surface area contributed by atoms with E-state index in [1.165, 1.54) is 0 Å². The van der Waals surface area contributed by atoms with Crippen molar-refractivity contribution in [3.63, 3.8) is 0 Å². The summed E-state index contributed by atoms with van der Waals surface area (Å²) < 4.78 is 4.74. The Bertz CT molecular complexity index is 114. The lowest BCUT2D eigenvalue weighted by atomic mass is 10.1. The summed E-state index contributed by atoms with van der Waals surface area (Å²) in [5, 5.41) is 36.1. The molecule has 4 atom stereocenters. The summed E-state index contributed by atoms with van der Waals surface area (Å²) in [6, 6.07) is 0. The minimum Gasteiger partial charge on any atom is -0.388 e. The smallest absolute Gasteiger partial charge is 0.111 e. The maximum atomic E-state index is 9.06. The van der Waals surface area contributed by atoms with Gasteiger partial charge in [-0.1, -0.05) is 0 Å². The van der Waals surface area contributed by atoms with Crippen molar-refractivity contribution in [2.75, 3.05) is 13.2 Å². The highest BCUT2D eigenvalue weighted by atomic mass is 16.5. The summed E-state index contributed by atoms with van der Waals surface area (Å²) in [5.74, 6) is 0. The maximum Gasteiger partial charge on any atom is 0.111 e. The van der Waals surface area contributed by atoms with Crippen molar-refractivity contribution in [2.24, 2.45) is 0 Å². The van der Waals surface area contributed by atoms with Crippen molar-refractivity contribution >= 4 is 0 Å². The number of aliphatic hydroxyl groups is 4. The lowest BCUT2D eigenvalue weighted by molar-refractivity contribution is -0.0894. The van der Waals surface area contributed by atoms with Crippen LogP contribution in [0.4, 0.5) is 0 Å². The van der Waals surface area contributed by atoms with E-state index in [4.69, 9.17) is 25.2 Å². The van der Waals surface area contributed by atoms with Gasteiger partial charge >= 0.3 is 0 Å². The molecule has 1 fully saturated rings. The van der Waals surface area contributed by atoms with E-state index < -0.39 is 24.4 Å². The quantitative estimate of drug-likeness (QED) is 0.317. The summed E-state index contributed by atoms with van der Waals surface area (Å²) in [7, 11) is 0. The molecule has 1 heterocycles. The lowest BCUT2D eigenvalue weighted by Gasteiger charge is -2.20. The molecular weight excluding hydrogens is 152 g/mol. The van der Waals surface area contributed by atoms with E-state index >= 15 is 0 Å². The van der Waals surface area contributed by atoms with Crippen molar-refractivity contribution < 1.29 is 25.2 Å². The molecule has 5 nitrogen and oxygen atoms in total. The van der Waals surface area contributed by atoms with Crippen molar-refractivity contribution in [3.05, 3.63) is 0 Å². The molecule has 0 aromatic rings. The summed E-state index contributed by atoms with van der Waals surface area (Å²) in [5.41, 5.74) is 0. The minimum absolute atomic E-state index is 0.0602. The summed E-state index contributed by atoms with van der Waals surface area (Å²) in [4.78, 5) is 0. The first kappa shape index (κ1) is 8.89. The van der Waals surface area contributed by atoms with Gasteiger partial charge in [0.15, 0.2) is 0 Å². The number of aliphatic hydroxyl groups excluding tert-OH is 4. The normalized spacial score (nSPS) is 46.9. The van der Waals surface area contributed by atoms with Gasteiger partial charge in [0.05, 0.1) is 13.2 Å². The number of ether oxygens (including phenoxy) is 1. The van der Waals surface area contributed by atoms with E-state index in [2.05, 4.69) is 0 Å². The van der Waals surface area contributed by atoms with Gasteiger partial charge in [0.1, 0.15) is 24.4 Å². The second-order valence-corrected chi connectivity index (χ2v) is 2.65. The highest BCUT2D eigenvalue weighted by molar-refractivity contribution is 4.83. The number of rotatable bonds is 0. The minimum atomic E-state index is -1.33. The third kappa shape index (κ3) is 1.88. The van der Waals surface area contributed by atoms with E-state index in [0.717, 1.165) is 0 Å². The van der Waals surface area contributed by atoms with E-state index in [-0.39, 0.29) is 13.2 Å². The van der Waals surface area contributed by atoms with Gasteiger partial charge in [-0.15, -0.1) is 0 Å². The Kier molecular flexibility index (Phi) is 2.80. The van der Waals surface area contributed by atoms with E-state index in [9.17, 15) is 0 Å². The summed E-state index contributed by atoms with van der Waals surface area (Å²) in [6.45, 7) is -0.120. The van der Waals surface area contributed by atoms with Crippen LogP contribution in [0, 0.1) is 0 Å². The fourth-order valence-corrected chi connectivity index (χ4v) is 0.962. The van der Waals surface area contributed by atoms with Gasteiger partial charge in [0.25, 0.3) is 0 Å². The van der Waals surface area contributed by atoms with Crippen LogP contribution in [0.1, 0.15) is 0 Å². The molecule has 0 unspecified atom stereocenters. The molecule has 11 heavy (non-hydrogen) atoms. The fourth-order valence-electron chi connectivity index (χ4n) is 0.962. The molecule has 0 amide bonds. The van der Waals surface area contributed by atoms with E-state index in [1.807, 2.05) is 0 Å². The highest BCUT2D eigenvalue weighted by Crippen LogP contribution is 2.10. The zero-order valence-electron chi connectivity index (χ0n) is 5.92. The van der Waals surface area contributed by atoms with Crippen LogP contribution in [0.3, 0.4) is 0 Å². The molecular formula is C6H12O5. The van der Waals surface area contributed by atoms with Gasteiger partial charge in [0, 0.05) is 0 Å². The standard InChI is InChI=1S/C6H12O5/c7-3-1-11-2-4(8)6(10)5(3)9/h3-10H,1-2H2/t3-,4-,5-,6-/m1/s1. The van der Waals surface area contributed by atoms with E-state index in [0.29, 0.717) is 0 Å². The molecule has 1 rings (SSSR count). The first-order valence-electron chi connectivity index (χ1n) is 3.43. The van der Waals surface area contributed by atoms with Gasteiger partial charge in [-0.25, -0.2) is 0 Å². The summed E-state index contributed by atoms with van der Waals surface area (Å²) in [6.07, 6.45) is -4.90. The Labute approximate surface area is 63.8 Å². The van der Waals surface area contributed by atoms with Crippen molar-refractivity contribution in [3.8, 4) is 0 Å². The Morgan fingerprint density at radius 3 is 1.55 bits per heavy atom. The molecule has 0 spiro atoms. The van der Waals surface area contributed by atoms with Gasteiger partial charge in [0.2, 0.25) is 0 Å². The summed E-state index contributed by atoms with van der Waals surface area (Å²) >= 11 is 0. The zero-order valence-corrected chi connectivity index (χ0v) is 5.92. The van der Waals surface area contributed by atoms with Crippen LogP contribution in [0.25, 0.3) is 0 Å². The molecule has 0 aromatic carbocycles. The molecule has 5 heteroatoms. The van der Waals surface area contributed by atoms with Crippen LogP contribution in [0.5, 0.6) is 0 Å². The maximum absolute atomic E-state index is 9.06.